The van der Waals surface area contributed by atoms with Gasteiger partial charge < -0.3 is 10.1 Å². The van der Waals surface area contributed by atoms with Gasteiger partial charge in [0.1, 0.15) is 10.6 Å². The van der Waals surface area contributed by atoms with Crippen molar-refractivity contribution in [2.24, 2.45) is 0 Å². The molecule has 0 aliphatic heterocycles. The average Bonchev–Trinajstić information content (AvgIpc) is 2.62. The van der Waals surface area contributed by atoms with Gasteiger partial charge in [-0.3, -0.25) is 4.79 Å². The number of benzene rings is 2. The molecule has 1 amide bonds. The minimum Gasteiger partial charge on any atom is -0.495 e. The second kappa shape index (κ2) is 8.66. The number of hydrogen-bond acceptors (Lipinski definition) is 4. The molecule has 0 spiro atoms. The van der Waals surface area contributed by atoms with Crippen molar-refractivity contribution in [1.82, 2.24) is 4.31 Å². The monoisotopic (exact) mass is 440 g/mol. The molecule has 26 heavy (non-hydrogen) atoms. The maximum Gasteiger partial charge on any atom is 0.255 e. The quantitative estimate of drug-likeness (QED) is 0.711. The van der Waals surface area contributed by atoms with Crippen LogP contribution in [-0.2, 0) is 10.0 Å². The highest BCUT2D eigenvalue weighted by Crippen LogP contribution is 2.28. The van der Waals surface area contributed by atoms with Crippen LogP contribution in [0.1, 0.15) is 24.2 Å². The predicted molar refractivity (Wildman–Crippen MR) is 105 cm³/mol. The number of ether oxygens (including phenoxy) is 1. The van der Waals surface area contributed by atoms with Crippen molar-refractivity contribution in [3.8, 4) is 5.75 Å². The van der Waals surface area contributed by atoms with Crippen molar-refractivity contribution in [1.29, 1.82) is 0 Å². The summed E-state index contributed by atoms with van der Waals surface area (Å²) in [5, 5.41) is 2.75. The van der Waals surface area contributed by atoms with Crippen LogP contribution in [0.4, 0.5) is 5.69 Å². The lowest BCUT2D eigenvalue weighted by atomic mass is 10.2. The molecule has 0 aliphatic rings. The zero-order valence-electron chi connectivity index (χ0n) is 14.8. The summed E-state index contributed by atoms with van der Waals surface area (Å²) in [5.41, 5.74) is 0.838. The van der Waals surface area contributed by atoms with Gasteiger partial charge >= 0.3 is 0 Å². The van der Waals surface area contributed by atoms with Crippen molar-refractivity contribution in [2.75, 3.05) is 25.5 Å². The largest absolute Gasteiger partial charge is 0.495 e. The SMILES string of the molecule is CCN(CC)S(=O)(=O)c1cc(C(=O)Nc2cccc(Br)c2)ccc1OC. The van der Waals surface area contributed by atoms with E-state index >= 15 is 0 Å². The van der Waals surface area contributed by atoms with Crippen LogP contribution in [0.3, 0.4) is 0 Å². The molecule has 2 aromatic rings. The highest BCUT2D eigenvalue weighted by atomic mass is 79.9. The van der Waals surface area contributed by atoms with E-state index in [1.807, 2.05) is 6.07 Å². The molecule has 0 aromatic heterocycles. The molecule has 6 nitrogen and oxygen atoms in total. The summed E-state index contributed by atoms with van der Waals surface area (Å²) in [5.74, 6) is -0.197. The van der Waals surface area contributed by atoms with Gasteiger partial charge in [0, 0.05) is 28.8 Å². The number of methoxy groups -OCH3 is 1. The molecule has 1 N–H and O–H groups in total. The lowest BCUT2D eigenvalue weighted by Crippen LogP contribution is -2.31. The number of nitrogens with zero attached hydrogens (tertiary/aromatic N) is 1. The van der Waals surface area contributed by atoms with Gasteiger partial charge in [-0.2, -0.15) is 4.31 Å². The van der Waals surface area contributed by atoms with E-state index < -0.39 is 15.9 Å². The van der Waals surface area contributed by atoms with E-state index in [-0.39, 0.29) is 16.2 Å². The normalized spacial score (nSPS) is 11.4. The highest BCUT2D eigenvalue weighted by Gasteiger charge is 2.26. The van der Waals surface area contributed by atoms with E-state index in [0.29, 0.717) is 18.8 Å². The Bertz CT molecular complexity index is 896. The van der Waals surface area contributed by atoms with Crippen LogP contribution in [0.2, 0.25) is 0 Å². The van der Waals surface area contributed by atoms with Crippen LogP contribution in [0.15, 0.2) is 51.8 Å². The first-order valence-corrected chi connectivity index (χ1v) is 10.3. The van der Waals surface area contributed by atoms with E-state index in [1.165, 1.54) is 29.6 Å². The standard InChI is InChI=1S/C18H21BrN2O4S/c1-4-21(5-2)26(23,24)17-11-13(9-10-16(17)25-3)18(22)20-15-8-6-7-14(19)12-15/h6-12H,4-5H2,1-3H3,(H,20,22). The fourth-order valence-electron chi connectivity index (χ4n) is 2.49. The number of amides is 1. The smallest absolute Gasteiger partial charge is 0.255 e. The van der Waals surface area contributed by atoms with E-state index in [1.54, 1.807) is 32.0 Å². The minimum absolute atomic E-state index is 0.0226. The topological polar surface area (TPSA) is 75.7 Å². The van der Waals surface area contributed by atoms with E-state index in [9.17, 15) is 13.2 Å². The Morgan fingerprint density at radius 1 is 1.15 bits per heavy atom. The maximum absolute atomic E-state index is 12.9. The Hall–Kier alpha value is -1.90. The average molecular weight is 441 g/mol. The summed E-state index contributed by atoms with van der Waals surface area (Å²) in [6.07, 6.45) is 0. The third kappa shape index (κ3) is 4.44. The number of carbonyl (C=O) groups excluding carboxylic acids is 1. The summed E-state index contributed by atoms with van der Waals surface area (Å²) in [6.45, 7) is 4.18. The van der Waals surface area contributed by atoms with Gasteiger partial charge in [-0.1, -0.05) is 35.8 Å². The molecular formula is C18H21BrN2O4S. The summed E-state index contributed by atoms with van der Waals surface area (Å²) < 4.78 is 33.1. The molecule has 2 rings (SSSR count). The molecule has 0 unspecified atom stereocenters. The molecule has 0 saturated heterocycles. The fraction of sp³-hybridized carbons (Fsp3) is 0.278. The lowest BCUT2D eigenvalue weighted by Gasteiger charge is -2.20. The number of rotatable bonds is 7. The molecule has 0 heterocycles. The predicted octanol–water partition coefficient (Wildman–Crippen LogP) is 3.74. The third-order valence-corrected chi connectivity index (χ3v) is 6.40. The number of halogens is 1. The van der Waals surface area contributed by atoms with Crippen LogP contribution in [-0.4, -0.2) is 38.8 Å². The Morgan fingerprint density at radius 2 is 1.85 bits per heavy atom. The van der Waals surface area contributed by atoms with E-state index in [4.69, 9.17) is 4.74 Å². The number of carbonyl (C=O) groups is 1. The summed E-state index contributed by atoms with van der Waals surface area (Å²) >= 11 is 3.34. The van der Waals surface area contributed by atoms with Gasteiger partial charge in [0.05, 0.1) is 7.11 Å². The number of anilines is 1. The molecule has 0 fully saturated rings. The summed E-state index contributed by atoms with van der Waals surface area (Å²) in [6, 6.07) is 11.5. The van der Waals surface area contributed by atoms with Crippen molar-refractivity contribution < 1.29 is 17.9 Å². The van der Waals surface area contributed by atoms with Gasteiger partial charge in [-0.15, -0.1) is 0 Å². The second-order valence-electron chi connectivity index (χ2n) is 5.42. The summed E-state index contributed by atoms with van der Waals surface area (Å²) in [4.78, 5) is 12.5. The molecule has 0 radical (unpaired) electrons. The van der Waals surface area contributed by atoms with Crippen molar-refractivity contribution in [2.45, 2.75) is 18.7 Å². The lowest BCUT2D eigenvalue weighted by molar-refractivity contribution is 0.102. The first kappa shape index (κ1) is 20.4. The van der Waals surface area contributed by atoms with Crippen LogP contribution >= 0.6 is 15.9 Å². The molecule has 140 valence electrons. The Labute approximate surface area is 162 Å². The Balaban J connectivity index is 2.41. The zero-order chi connectivity index (χ0) is 19.3. The van der Waals surface area contributed by atoms with Gasteiger partial charge in [-0.05, 0) is 36.4 Å². The molecule has 0 saturated carbocycles. The molecule has 0 bridgehead atoms. The van der Waals surface area contributed by atoms with Crippen molar-refractivity contribution >= 4 is 37.5 Å². The third-order valence-electron chi connectivity index (χ3n) is 3.83. The molecule has 2 aromatic carbocycles. The fourth-order valence-corrected chi connectivity index (χ4v) is 4.53. The van der Waals surface area contributed by atoms with Gasteiger partial charge in [0.2, 0.25) is 10.0 Å². The minimum atomic E-state index is -3.76. The maximum atomic E-state index is 12.9. The highest BCUT2D eigenvalue weighted by molar-refractivity contribution is 9.10. The number of nitrogens with one attached hydrogen (secondary N) is 1. The molecular weight excluding hydrogens is 420 g/mol. The van der Waals surface area contributed by atoms with Crippen molar-refractivity contribution in [3.63, 3.8) is 0 Å². The van der Waals surface area contributed by atoms with Gasteiger partial charge in [0.25, 0.3) is 5.91 Å². The van der Waals surface area contributed by atoms with Crippen LogP contribution < -0.4 is 10.1 Å². The molecule has 8 heteroatoms. The van der Waals surface area contributed by atoms with E-state index in [2.05, 4.69) is 21.2 Å². The summed E-state index contributed by atoms with van der Waals surface area (Å²) in [7, 11) is -2.36. The van der Waals surface area contributed by atoms with Crippen LogP contribution in [0, 0.1) is 0 Å². The first-order valence-electron chi connectivity index (χ1n) is 8.08. The second-order valence-corrected chi connectivity index (χ2v) is 8.24. The number of sulfonamides is 1. The van der Waals surface area contributed by atoms with Crippen molar-refractivity contribution in [3.05, 3.63) is 52.5 Å². The van der Waals surface area contributed by atoms with Gasteiger partial charge in [-0.25, -0.2) is 8.42 Å². The number of hydrogen-bond donors (Lipinski definition) is 1. The Morgan fingerprint density at radius 3 is 2.42 bits per heavy atom. The van der Waals surface area contributed by atoms with Gasteiger partial charge in [0.15, 0.2) is 0 Å². The molecule has 0 atom stereocenters. The van der Waals surface area contributed by atoms with Crippen LogP contribution in [0.25, 0.3) is 0 Å². The Kier molecular flexibility index (Phi) is 6.80. The van der Waals surface area contributed by atoms with Crippen LogP contribution in [0.5, 0.6) is 5.75 Å². The molecule has 0 aliphatic carbocycles. The zero-order valence-corrected chi connectivity index (χ0v) is 17.2. The first-order chi connectivity index (χ1) is 12.3. The van der Waals surface area contributed by atoms with E-state index in [0.717, 1.165) is 4.47 Å².